The first-order valence-corrected chi connectivity index (χ1v) is 6.72. The highest BCUT2D eigenvalue weighted by Crippen LogP contribution is 2.27. The number of nitrogens with two attached hydrogens (primary N) is 1. The Morgan fingerprint density at radius 2 is 1.88 bits per heavy atom. The summed E-state index contributed by atoms with van der Waals surface area (Å²) in [5.41, 5.74) is 6.05. The van der Waals surface area contributed by atoms with Gasteiger partial charge in [0.2, 0.25) is 0 Å². The van der Waals surface area contributed by atoms with Gasteiger partial charge in [0.15, 0.2) is 0 Å². The fourth-order valence-electron chi connectivity index (χ4n) is 1.89. The van der Waals surface area contributed by atoms with E-state index < -0.39 is 6.04 Å². The van der Waals surface area contributed by atoms with Gasteiger partial charge in [0.05, 0.1) is 6.61 Å². The maximum absolute atomic E-state index is 11.5. The number of rotatable bonds is 8. The van der Waals surface area contributed by atoms with Crippen molar-refractivity contribution in [3.8, 4) is 0 Å². The minimum absolute atomic E-state index is 0.138. The lowest BCUT2D eigenvalue weighted by atomic mass is 9.83. The van der Waals surface area contributed by atoms with Crippen molar-refractivity contribution in [3.05, 3.63) is 0 Å². The molecule has 0 aliphatic rings. The molecule has 17 heavy (non-hydrogen) atoms. The topological polar surface area (TPSA) is 52.3 Å². The minimum Gasteiger partial charge on any atom is -0.465 e. The second-order valence-corrected chi connectivity index (χ2v) is 5.96. The van der Waals surface area contributed by atoms with Crippen LogP contribution in [-0.4, -0.2) is 18.6 Å². The summed E-state index contributed by atoms with van der Waals surface area (Å²) in [6.45, 7) is 11.1. The van der Waals surface area contributed by atoms with Crippen molar-refractivity contribution in [1.29, 1.82) is 0 Å². The Balaban J connectivity index is 3.75. The Labute approximate surface area is 106 Å². The lowest BCUT2D eigenvalue weighted by Crippen LogP contribution is -2.37. The third-order valence-corrected chi connectivity index (χ3v) is 3.16. The van der Waals surface area contributed by atoms with Crippen LogP contribution < -0.4 is 5.73 Å². The van der Waals surface area contributed by atoms with E-state index in [9.17, 15) is 4.79 Å². The largest absolute Gasteiger partial charge is 0.465 e. The average Bonchev–Trinajstić information content (AvgIpc) is 2.22. The Morgan fingerprint density at radius 3 is 2.35 bits per heavy atom. The maximum atomic E-state index is 11.5. The second kappa shape index (κ2) is 7.70. The van der Waals surface area contributed by atoms with Crippen LogP contribution in [0.25, 0.3) is 0 Å². The van der Waals surface area contributed by atoms with Gasteiger partial charge in [-0.3, -0.25) is 4.79 Å². The summed E-state index contributed by atoms with van der Waals surface area (Å²) in [6.07, 6.45) is 4.42. The predicted octanol–water partition coefficient (Wildman–Crippen LogP) is 3.12. The normalized spacial score (nSPS) is 13.8. The third-order valence-electron chi connectivity index (χ3n) is 3.16. The first-order valence-electron chi connectivity index (χ1n) is 6.72. The molecule has 2 N–H and O–H groups in total. The molecule has 0 rings (SSSR count). The van der Waals surface area contributed by atoms with Crippen molar-refractivity contribution >= 4 is 5.97 Å². The van der Waals surface area contributed by atoms with E-state index in [1.165, 1.54) is 12.8 Å². The zero-order chi connectivity index (χ0) is 13.5. The van der Waals surface area contributed by atoms with Gasteiger partial charge in [-0.2, -0.15) is 0 Å². The minimum atomic E-state index is -0.487. The van der Waals surface area contributed by atoms with Crippen LogP contribution in [0.2, 0.25) is 0 Å². The zero-order valence-electron chi connectivity index (χ0n) is 12.1. The molecule has 0 amide bonds. The average molecular weight is 243 g/mol. The molecule has 0 aromatic carbocycles. The van der Waals surface area contributed by atoms with E-state index in [1.807, 2.05) is 13.8 Å². The van der Waals surface area contributed by atoms with Gasteiger partial charge in [-0.05, 0) is 30.6 Å². The summed E-state index contributed by atoms with van der Waals surface area (Å²) < 4.78 is 5.17. The summed E-state index contributed by atoms with van der Waals surface area (Å²) in [5.74, 6) is -0.132. The Hall–Kier alpha value is -0.570. The van der Waals surface area contributed by atoms with Crippen LogP contribution in [-0.2, 0) is 9.53 Å². The molecule has 0 radical (unpaired) electrons. The maximum Gasteiger partial charge on any atom is 0.323 e. The highest BCUT2D eigenvalue weighted by molar-refractivity contribution is 5.75. The van der Waals surface area contributed by atoms with Crippen LogP contribution in [0.5, 0.6) is 0 Å². The third kappa shape index (κ3) is 7.37. The van der Waals surface area contributed by atoms with Gasteiger partial charge in [-0.1, -0.05) is 41.0 Å². The SMILES string of the molecule is CCCC(C)(C)CCCOC(=O)C(N)C(C)C. The molecule has 3 heteroatoms. The van der Waals surface area contributed by atoms with Crippen molar-refractivity contribution in [3.63, 3.8) is 0 Å². The smallest absolute Gasteiger partial charge is 0.323 e. The fraction of sp³-hybridized carbons (Fsp3) is 0.929. The molecule has 0 aliphatic heterocycles. The van der Waals surface area contributed by atoms with Gasteiger partial charge < -0.3 is 10.5 Å². The van der Waals surface area contributed by atoms with Crippen LogP contribution in [0.3, 0.4) is 0 Å². The molecule has 0 aliphatic carbocycles. The first-order chi connectivity index (χ1) is 7.80. The van der Waals surface area contributed by atoms with E-state index in [4.69, 9.17) is 10.5 Å². The molecule has 102 valence electrons. The Morgan fingerprint density at radius 1 is 1.29 bits per heavy atom. The number of hydrogen-bond acceptors (Lipinski definition) is 3. The summed E-state index contributed by atoms with van der Waals surface area (Å²) >= 11 is 0. The highest BCUT2D eigenvalue weighted by atomic mass is 16.5. The van der Waals surface area contributed by atoms with Gasteiger partial charge in [0, 0.05) is 0 Å². The van der Waals surface area contributed by atoms with E-state index in [2.05, 4.69) is 20.8 Å². The number of hydrogen-bond donors (Lipinski definition) is 1. The molecule has 0 aromatic rings. The Kier molecular flexibility index (Phi) is 7.44. The van der Waals surface area contributed by atoms with E-state index in [1.54, 1.807) is 0 Å². The molecule has 3 nitrogen and oxygen atoms in total. The van der Waals surface area contributed by atoms with Gasteiger partial charge in [0.1, 0.15) is 6.04 Å². The first kappa shape index (κ1) is 16.4. The van der Waals surface area contributed by atoms with Crippen LogP contribution in [0.4, 0.5) is 0 Å². The molecule has 0 saturated heterocycles. The standard InChI is InChI=1S/C14H29NO2/c1-6-8-14(4,5)9-7-10-17-13(16)12(15)11(2)3/h11-12H,6-10,15H2,1-5H3. The summed E-state index contributed by atoms with van der Waals surface area (Å²) in [7, 11) is 0. The van der Waals surface area contributed by atoms with E-state index in [0.29, 0.717) is 12.0 Å². The van der Waals surface area contributed by atoms with Crippen LogP contribution in [0.1, 0.15) is 60.3 Å². The predicted molar refractivity (Wildman–Crippen MR) is 71.7 cm³/mol. The highest BCUT2D eigenvalue weighted by Gasteiger charge is 2.19. The molecular formula is C14H29NO2. The Bertz CT molecular complexity index is 224. The molecule has 0 heterocycles. The van der Waals surface area contributed by atoms with Crippen molar-refractivity contribution in [2.24, 2.45) is 17.1 Å². The quantitative estimate of drug-likeness (QED) is 0.526. The van der Waals surface area contributed by atoms with Crippen molar-refractivity contribution in [2.75, 3.05) is 6.61 Å². The van der Waals surface area contributed by atoms with E-state index >= 15 is 0 Å². The van der Waals surface area contributed by atoms with Crippen molar-refractivity contribution < 1.29 is 9.53 Å². The zero-order valence-corrected chi connectivity index (χ0v) is 12.1. The number of ether oxygens (including phenoxy) is 1. The molecule has 0 bridgehead atoms. The van der Waals surface area contributed by atoms with Crippen LogP contribution in [0.15, 0.2) is 0 Å². The number of esters is 1. The molecule has 0 saturated carbocycles. The second-order valence-electron chi connectivity index (χ2n) is 5.96. The fourth-order valence-corrected chi connectivity index (χ4v) is 1.89. The number of carbonyl (C=O) groups excluding carboxylic acids is 1. The molecular weight excluding hydrogens is 214 g/mol. The summed E-state index contributed by atoms with van der Waals surface area (Å²) in [6, 6.07) is -0.487. The lowest BCUT2D eigenvalue weighted by Gasteiger charge is -2.23. The number of carbonyl (C=O) groups is 1. The van der Waals surface area contributed by atoms with Crippen LogP contribution in [0, 0.1) is 11.3 Å². The van der Waals surface area contributed by atoms with Gasteiger partial charge in [0.25, 0.3) is 0 Å². The van der Waals surface area contributed by atoms with Crippen molar-refractivity contribution in [1.82, 2.24) is 0 Å². The molecule has 0 spiro atoms. The summed E-state index contributed by atoms with van der Waals surface area (Å²) in [5, 5.41) is 0. The van der Waals surface area contributed by atoms with E-state index in [0.717, 1.165) is 12.8 Å². The lowest BCUT2D eigenvalue weighted by molar-refractivity contribution is -0.146. The monoisotopic (exact) mass is 243 g/mol. The van der Waals surface area contributed by atoms with E-state index in [-0.39, 0.29) is 11.9 Å². The molecule has 0 fully saturated rings. The van der Waals surface area contributed by atoms with Gasteiger partial charge in [-0.25, -0.2) is 0 Å². The molecule has 0 aromatic heterocycles. The van der Waals surface area contributed by atoms with Gasteiger partial charge in [-0.15, -0.1) is 0 Å². The summed E-state index contributed by atoms with van der Waals surface area (Å²) in [4.78, 5) is 11.5. The van der Waals surface area contributed by atoms with Crippen LogP contribution >= 0.6 is 0 Å². The van der Waals surface area contributed by atoms with Crippen molar-refractivity contribution in [2.45, 2.75) is 66.3 Å². The molecule has 1 atom stereocenters. The molecule has 1 unspecified atom stereocenters. The van der Waals surface area contributed by atoms with Gasteiger partial charge >= 0.3 is 5.97 Å².